The van der Waals surface area contributed by atoms with Gasteiger partial charge in [-0.1, -0.05) is 54.1 Å². The molecule has 0 aliphatic rings. The van der Waals surface area contributed by atoms with E-state index in [9.17, 15) is 4.79 Å². The van der Waals surface area contributed by atoms with Gasteiger partial charge in [-0.2, -0.15) is 0 Å². The Kier molecular flexibility index (Phi) is 4.96. The molecule has 0 bridgehead atoms. The van der Waals surface area contributed by atoms with Crippen LogP contribution < -0.4 is 4.74 Å². The van der Waals surface area contributed by atoms with E-state index in [-0.39, 0.29) is 12.2 Å². The van der Waals surface area contributed by atoms with Crippen LogP contribution in [0, 0.1) is 0 Å². The van der Waals surface area contributed by atoms with Crippen molar-refractivity contribution in [2.45, 2.75) is 13.5 Å². The summed E-state index contributed by atoms with van der Waals surface area (Å²) >= 11 is 6.36. The van der Waals surface area contributed by atoms with Gasteiger partial charge in [0.2, 0.25) is 0 Å². The molecule has 0 saturated heterocycles. The van der Waals surface area contributed by atoms with Crippen LogP contribution in [0.3, 0.4) is 0 Å². The van der Waals surface area contributed by atoms with Crippen LogP contribution in [-0.2, 0) is 11.3 Å². The number of halogens is 1. The minimum atomic E-state index is -0.479. The van der Waals surface area contributed by atoms with Crippen LogP contribution in [0.4, 0.5) is 0 Å². The third-order valence-electron chi connectivity index (χ3n) is 3.53. The number of rotatable bonds is 5. The van der Waals surface area contributed by atoms with E-state index >= 15 is 0 Å². The maximum atomic E-state index is 11.9. The van der Waals surface area contributed by atoms with Gasteiger partial charge >= 0.3 is 5.97 Å². The van der Waals surface area contributed by atoms with Crippen molar-refractivity contribution in [3.05, 3.63) is 70.9 Å². The Bertz CT molecular complexity index is 865. The highest BCUT2D eigenvalue weighted by Crippen LogP contribution is 2.32. The van der Waals surface area contributed by atoms with Crippen molar-refractivity contribution in [3.8, 4) is 5.75 Å². The van der Waals surface area contributed by atoms with Crippen LogP contribution in [0.5, 0.6) is 5.75 Å². The second-order valence-corrected chi connectivity index (χ2v) is 5.51. The molecule has 0 saturated carbocycles. The van der Waals surface area contributed by atoms with Crippen LogP contribution >= 0.6 is 11.6 Å². The minimum Gasteiger partial charge on any atom is -0.487 e. The molecule has 0 unspecified atom stereocenters. The number of nitrogens with zero attached hydrogens (tertiary/aromatic N) is 1. The van der Waals surface area contributed by atoms with Crippen molar-refractivity contribution < 1.29 is 14.3 Å². The van der Waals surface area contributed by atoms with E-state index in [0.29, 0.717) is 28.3 Å². The molecule has 1 heterocycles. The maximum Gasteiger partial charge on any atom is 0.341 e. The van der Waals surface area contributed by atoms with Gasteiger partial charge in [0.1, 0.15) is 17.9 Å². The second-order valence-electron chi connectivity index (χ2n) is 5.13. The first-order valence-corrected chi connectivity index (χ1v) is 7.99. The number of benzene rings is 2. The summed E-state index contributed by atoms with van der Waals surface area (Å²) in [6.45, 7) is 2.46. The first-order valence-electron chi connectivity index (χ1n) is 7.61. The van der Waals surface area contributed by atoms with Gasteiger partial charge in [0.25, 0.3) is 0 Å². The van der Waals surface area contributed by atoms with E-state index < -0.39 is 5.97 Å². The number of carbonyl (C=O) groups is 1. The third-order valence-corrected chi connectivity index (χ3v) is 3.93. The van der Waals surface area contributed by atoms with Crippen LogP contribution in [0.1, 0.15) is 22.8 Å². The normalized spacial score (nSPS) is 10.6. The van der Waals surface area contributed by atoms with E-state index in [0.717, 1.165) is 5.56 Å². The zero-order valence-electron chi connectivity index (χ0n) is 13.2. The number of fused-ring (bicyclic) bond motifs is 1. The Labute approximate surface area is 145 Å². The number of aromatic nitrogens is 1. The van der Waals surface area contributed by atoms with Crippen molar-refractivity contribution in [3.63, 3.8) is 0 Å². The lowest BCUT2D eigenvalue weighted by molar-refractivity contribution is 0.0526. The Morgan fingerprint density at radius 3 is 2.67 bits per heavy atom. The van der Waals surface area contributed by atoms with Crippen molar-refractivity contribution in [2.75, 3.05) is 6.61 Å². The number of ether oxygens (including phenoxy) is 2. The molecule has 3 rings (SSSR count). The summed E-state index contributed by atoms with van der Waals surface area (Å²) < 4.78 is 10.9. The van der Waals surface area contributed by atoms with Crippen LogP contribution in [0.25, 0.3) is 10.9 Å². The first-order chi connectivity index (χ1) is 11.7. The topological polar surface area (TPSA) is 48.4 Å². The molecule has 2 aromatic carbocycles. The Morgan fingerprint density at radius 1 is 1.12 bits per heavy atom. The second kappa shape index (κ2) is 7.32. The monoisotopic (exact) mass is 341 g/mol. The fraction of sp³-hybridized carbons (Fsp3) is 0.158. The van der Waals surface area contributed by atoms with Gasteiger partial charge in [-0.25, -0.2) is 4.79 Å². The molecule has 122 valence electrons. The van der Waals surface area contributed by atoms with Crippen LogP contribution in [0.15, 0.2) is 54.7 Å². The van der Waals surface area contributed by atoms with Gasteiger partial charge in [-0.15, -0.1) is 0 Å². The van der Waals surface area contributed by atoms with Crippen molar-refractivity contribution >= 4 is 28.5 Å². The minimum absolute atomic E-state index is 0.256. The molecule has 0 atom stereocenters. The molecule has 24 heavy (non-hydrogen) atoms. The van der Waals surface area contributed by atoms with Gasteiger partial charge < -0.3 is 9.47 Å². The standard InChI is InChI=1S/C19H16ClNO3/c1-2-23-19(22)15-11-21-18-14(17(15)20)9-6-10-16(18)24-12-13-7-4-3-5-8-13/h3-11H,2,12H2,1H3. The van der Waals surface area contributed by atoms with E-state index in [4.69, 9.17) is 21.1 Å². The number of hydrogen-bond donors (Lipinski definition) is 0. The number of pyridine rings is 1. The predicted octanol–water partition coefficient (Wildman–Crippen LogP) is 4.64. The largest absolute Gasteiger partial charge is 0.487 e. The highest BCUT2D eigenvalue weighted by Gasteiger charge is 2.16. The Balaban J connectivity index is 1.93. The molecule has 1 aromatic heterocycles. The highest BCUT2D eigenvalue weighted by atomic mass is 35.5. The molecule has 0 N–H and O–H groups in total. The first kappa shape index (κ1) is 16.3. The Hall–Kier alpha value is -2.59. The molecular weight excluding hydrogens is 326 g/mol. The molecule has 0 aliphatic carbocycles. The highest BCUT2D eigenvalue weighted by molar-refractivity contribution is 6.38. The molecule has 0 fully saturated rings. The Morgan fingerprint density at radius 2 is 1.92 bits per heavy atom. The molecule has 5 heteroatoms. The van der Waals surface area contributed by atoms with E-state index in [2.05, 4.69) is 4.98 Å². The quantitative estimate of drug-likeness (QED) is 0.634. The van der Waals surface area contributed by atoms with Gasteiger partial charge in [0.15, 0.2) is 0 Å². The lowest BCUT2D eigenvalue weighted by atomic mass is 10.1. The molecule has 0 amide bonds. The average Bonchev–Trinajstić information content (AvgIpc) is 2.61. The summed E-state index contributed by atoms with van der Waals surface area (Å²) in [5, 5.41) is 0.983. The van der Waals surface area contributed by atoms with Gasteiger partial charge in [-0.3, -0.25) is 4.98 Å². The summed E-state index contributed by atoms with van der Waals surface area (Å²) in [6.07, 6.45) is 1.43. The van der Waals surface area contributed by atoms with Crippen molar-refractivity contribution in [1.82, 2.24) is 4.98 Å². The zero-order chi connectivity index (χ0) is 16.9. The third kappa shape index (κ3) is 3.34. The number of hydrogen-bond acceptors (Lipinski definition) is 4. The summed E-state index contributed by atoms with van der Waals surface area (Å²) in [6, 6.07) is 15.3. The SMILES string of the molecule is CCOC(=O)c1cnc2c(OCc3ccccc3)cccc2c1Cl. The molecule has 0 radical (unpaired) electrons. The maximum absolute atomic E-state index is 11.9. The molecule has 3 aromatic rings. The summed E-state index contributed by atoms with van der Waals surface area (Å²) in [7, 11) is 0. The predicted molar refractivity (Wildman–Crippen MR) is 93.5 cm³/mol. The number of esters is 1. The average molecular weight is 342 g/mol. The fourth-order valence-corrected chi connectivity index (χ4v) is 2.64. The lowest BCUT2D eigenvalue weighted by Crippen LogP contribution is -2.06. The van der Waals surface area contributed by atoms with Crippen LogP contribution in [0.2, 0.25) is 5.02 Å². The number of carbonyl (C=O) groups excluding carboxylic acids is 1. The summed E-state index contributed by atoms with van der Waals surface area (Å²) in [5.41, 5.74) is 1.93. The van der Waals surface area contributed by atoms with Crippen molar-refractivity contribution in [1.29, 1.82) is 0 Å². The van der Waals surface area contributed by atoms with Gasteiger partial charge in [0, 0.05) is 11.6 Å². The van der Waals surface area contributed by atoms with Gasteiger partial charge in [0.05, 0.1) is 17.2 Å². The molecule has 0 spiro atoms. The van der Waals surface area contributed by atoms with Gasteiger partial charge in [-0.05, 0) is 18.6 Å². The number of para-hydroxylation sites is 1. The summed E-state index contributed by atoms with van der Waals surface area (Å²) in [5.74, 6) is 0.140. The van der Waals surface area contributed by atoms with Crippen LogP contribution in [-0.4, -0.2) is 17.6 Å². The van der Waals surface area contributed by atoms with E-state index in [1.807, 2.05) is 48.5 Å². The van der Waals surface area contributed by atoms with Crippen molar-refractivity contribution in [2.24, 2.45) is 0 Å². The lowest BCUT2D eigenvalue weighted by Gasteiger charge is -2.11. The smallest absolute Gasteiger partial charge is 0.341 e. The van der Waals surface area contributed by atoms with E-state index in [1.54, 1.807) is 6.92 Å². The van der Waals surface area contributed by atoms with E-state index in [1.165, 1.54) is 6.20 Å². The molecular formula is C19H16ClNO3. The molecule has 0 aliphatic heterocycles. The molecule has 4 nitrogen and oxygen atoms in total. The fourth-order valence-electron chi connectivity index (χ4n) is 2.37. The summed E-state index contributed by atoms with van der Waals surface area (Å²) in [4.78, 5) is 16.3. The zero-order valence-corrected chi connectivity index (χ0v) is 13.9.